The summed E-state index contributed by atoms with van der Waals surface area (Å²) < 4.78 is 0. The molecule has 0 fully saturated rings. The highest BCUT2D eigenvalue weighted by molar-refractivity contribution is 6.12. The van der Waals surface area contributed by atoms with Crippen molar-refractivity contribution in [1.29, 1.82) is 0 Å². The molecule has 26 heavy (non-hydrogen) atoms. The minimum absolute atomic E-state index is 0.0971. The van der Waals surface area contributed by atoms with Crippen LogP contribution in [0.1, 0.15) is 10.4 Å². The molecule has 1 aliphatic rings. The third-order valence-corrected chi connectivity index (χ3v) is 4.79. The van der Waals surface area contributed by atoms with Crippen molar-refractivity contribution in [3.63, 3.8) is 0 Å². The Kier molecular flexibility index (Phi) is 3.25. The maximum absolute atomic E-state index is 12.7. The average molecular weight is 336 g/mol. The molecule has 124 valence electrons. The Labute approximate surface area is 151 Å². The summed E-state index contributed by atoms with van der Waals surface area (Å²) in [6.45, 7) is 0. The molecule has 4 aromatic carbocycles. The van der Waals surface area contributed by atoms with E-state index in [0.717, 1.165) is 28.2 Å². The molecule has 2 N–H and O–H groups in total. The van der Waals surface area contributed by atoms with E-state index < -0.39 is 0 Å². The number of carbonyl (C=O) groups excluding carboxylic acids is 1. The Morgan fingerprint density at radius 1 is 0.538 bits per heavy atom. The number of hydrogen-bond donors (Lipinski definition) is 2. The van der Waals surface area contributed by atoms with Crippen LogP contribution in [0.4, 0.5) is 17.1 Å². The average Bonchev–Trinajstić information content (AvgIpc) is 2.83. The lowest BCUT2D eigenvalue weighted by Gasteiger charge is -2.10. The Balaban J connectivity index is 1.61. The Bertz CT molecular complexity index is 1160. The van der Waals surface area contributed by atoms with Crippen LogP contribution >= 0.6 is 0 Å². The first-order valence-electron chi connectivity index (χ1n) is 8.58. The van der Waals surface area contributed by atoms with Gasteiger partial charge >= 0.3 is 0 Å². The highest BCUT2D eigenvalue weighted by Crippen LogP contribution is 2.34. The Morgan fingerprint density at radius 2 is 1.19 bits per heavy atom. The van der Waals surface area contributed by atoms with Crippen LogP contribution < -0.4 is 10.6 Å². The predicted molar refractivity (Wildman–Crippen MR) is 107 cm³/mol. The molecule has 4 aromatic rings. The third-order valence-electron chi connectivity index (χ3n) is 4.79. The molecule has 0 unspecified atom stereocenters. The molecule has 1 aliphatic heterocycles. The zero-order valence-corrected chi connectivity index (χ0v) is 14.0. The van der Waals surface area contributed by atoms with Crippen molar-refractivity contribution in [1.82, 2.24) is 0 Å². The minimum atomic E-state index is -0.0971. The van der Waals surface area contributed by atoms with Crippen LogP contribution in [-0.4, -0.2) is 5.91 Å². The largest absolute Gasteiger partial charge is 0.353 e. The van der Waals surface area contributed by atoms with Gasteiger partial charge in [0.25, 0.3) is 5.91 Å². The smallest absolute Gasteiger partial charge is 0.257 e. The SMILES string of the molecule is O=C1Nc2ccccc2Nc2ccc(-c3ccc4ccccc4c3)cc21. The van der Waals surface area contributed by atoms with Crippen molar-refractivity contribution >= 4 is 33.7 Å². The van der Waals surface area contributed by atoms with Crippen LogP contribution in [0.2, 0.25) is 0 Å². The molecule has 0 saturated carbocycles. The van der Waals surface area contributed by atoms with Crippen molar-refractivity contribution in [3.05, 3.63) is 90.5 Å². The van der Waals surface area contributed by atoms with Gasteiger partial charge < -0.3 is 10.6 Å². The summed E-state index contributed by atoms with van der Waals surface area (Å²) in [5.41, 5.74) is 5.28. The zero-order chi connectivity index (χ0) is 17.5. The van der Waals surface area contributed by atoms with Crippen LogP contribution in [0.15, 0.2) is 84.9 Å². The molecule has 0 spiro atoms. The summed E-state index contributed by atoms with van der Waals surface area (Å²) in [6.07, 6.45) is 0. The second-order valence-electron chi connectivity index (χ2n) is 6.45. The fourth-order valence-corrected chi connectivity index (χ4v) is 3.43. The van der Waals surface area contributed by atoms with Crippen molar-refractivity contribution in [2.24, 2.45) is 0 Å². The van der Waals surface area contributed by atoms with Gasteiger partial charge in [0.15, 0.2) is 0 Å². The Morgan fingerprint density at radius 3 is 2.04 bits per heavy atom. The van der Waals surface area contributed by atoms with Gasteiger partial charge in [-0.2, -0.15) is 0 Å². The summed E-state index contributed by atoms with van der Waals surface area (Å²) >= 11 is 0. The summed E-state index contributed by atoms with van der Waals surface area (Å²) in [4.78, 5) is 12.7. The number of rotatable bonds is 1. The maximum Gasteiger partial charge on any atom is 0.257 e. The standard InChI is InChI=1S/C23H16N2O/c26-23-19-14-18(17-10-9-15-5-1-2-6-16(15)13-17)11-12-20(19)24-21-7-3-4-8-22(21)25-23/h1-14,24H,(H,25,26). The molecule has 0 bridgehead atoms. The molecule has 3 heteroatoms. The predicted octanol–water partition coefficient (Wildman–Crippen LogP) is 5.82. The fourth-order valence-electron chi connectivity index (χ4n) is 3.43. The molecular formula is C23H16N2O. The van der Waals surface area contributed by atoms with Crippen molar-refractivity contribution in [2.45, 2.75) is 0 Å². The molecular weight excluding hydrogens is 320 g/mol. The maximum atomic E-state index is 12.7. The normalized spacial score (nSPS) is 12.5. The van der Waals surface area contributed by atoms with E-state index in [0.29, 0.717) is 5.56 Å². The molecule has 1 amide bonds. The van der Waals surface area contributed by atoms with E-state index in [4.69, 9.17) is 0 Å². The van der Waals surface area contributed by atoms with Gasteiger partial charge in [-0.15, -0.1) is 0 Å². The van der Waals surface area contributed by atoms with Crippen molar-refractivity contribution in [2.75, 3.05) is 10.6 Å². The van der Waals surface area contributed by atoms with Gasteiger partial charge in [-0.05, 0) is 52.2 Å². The molecule has 3 nitrogen and oxygen atoms in total. The third kappa shape index (κ3) is 2.42. The molecule has 0 aromatic heterocycles. The number of benzene rings is 4. The number of carbonyl (C=O) groups is 1. The summed E-state index contributed by atoms with van der Waals surface area (Å²) in [5.74, 6) is -0.0971. The van der Waals surface area contributed by atoms with Crippen LogP contribution in [0.3, 0.4) is 0 Å². The highest BCUT2D eigenvalue weighted by atomic mass is 16.1. The van der Waals surface area contributed by atoms with Gasteiger partial charge in [-0.1, -0.05) is 54.6 Å². The fraction of sp³-hybridized carbons (Fsp3) is 0. The van der Waals surface area contributed by atoms with Gasteiger partial charge in [0, 0.05) is 0 Å². The quantitative estimate of drug-likeness (QED) is 0.460. The van der Waals surface area contributed by atoms with E-state index in [1.54, 1.807) is 0 Å². The number of para-hydroxylation sites is 2. The van der Waals surface area contributed by atoms with Gasteiger partial charge in [-0.3, -0.25) is 4.79 Å². The number of anilines is 3. The van der Waals surface area contributed by atoms with Gasteiger partial charge in [-0.25, -0.2) is 0 Å². The van der Waals surface area contributed by atoms with E-state index in [1.807, 2.05) is 48.5 Å². The molecule has 0 aliphatic carbocycles. The summed E-state index contributed by atoms with van der Waals surface area (Å²) in [6, 6.07) is 28.4. The highest BCUT2D eigenvalue weighted by Gasteiger charge is 2.19. The topological polar surface area (TPSA) is 41.1 Å². The lowest BCUT2D eigenvalue weighted by atomic mass is 9.98. The molecule has 0 saturated heterocycles. The van der Waals surface area contributed by atoms with Crippen LogP contribution in [0.25, 0.3) is 21.9 Å². The second-order valence-corrected chi connectivity index (χ2v) is 6.45. The number of fused-ring (bicyclic) bond motifs is 3. The first kappa shape index (κ1) is 14.7. The first-order valence-corrected chi connectivity index (χ1v) is 8.58. The van der Waals surface area contributed by atoms with Gasteiger partial charge in [0.05, 0.1) is 22.6 Å². The zero-order valence-electron chi connectivity index (χ0n) is 14.0. The molecule has 0 atom stereocenters. The molecule has 0 radical (unpaired) electrons. The van der Waals surface area contributed by atoms with Crippen molar-refractivity contribution < 1.29 is 4.79 Å². The van der Waals surface area contributed by atoms with E-state index in [9.17, 15) is 4.79 Å². The Hall–Kier alpha value is -3.59. The van der Waals surface area contributed by atoms with Gasteiger partial charge in [0.2, 0.25) is 0 Å². The number of amides is 1. The van der Waals surface area contributed by atoms with E-state index in [1.165, 1.54) is 10.8 Å². The monoisotopic (exact) mass is 336 g/mol. The van der Waals surface area contributed by atoms with E-state index >= 15 is 0 Å². The first-order chi connectivity index (χ1) is 12.8. The van der Waals surface area contributed by atoms with Crippen molar-refractivity contribution in [3.8, 4) is 11.1 Å². The molecule has 1 heterocycles. The number of nitrogens with one attached hydrogen (secondary N) is 2. The van der Waals surface area contributed by atoms with Gasteiger partial charge in [0.1, 0.15) is 0 Å². The summed E-state index contributed by atoms with van der Waals surface area (Å²) in [7, 11) is 0. The van der Waals surface area contributed by atoms with E-state index in [2.05, 4.69) is 47.0 Å². The second kappa shape index (κ2) is 5.74. The molecule has 5 rings (SSSR count). The van der Waals surface area contributed by atoms with Crippen LogP contribution in [0.5, 0.6) is 0 Å². The summed E-state index contributed by atoms with van der Waals surface area (Å²) in [5, 5.41) is 8.74. The lowest BCUT2D eigenvalue weighted by molar-refractivity contribution is 0.102. The lowest BCUT2D eigenvalue weighted by Crippen LogP contribution is -2.10. The van der Waals surface area contributed by atoms with Crippen LogP contribution in [-0.2, 0) is 0 Å². The minimum Gasteiger partial charge on any atom is -0.353 e. The van der Waals surface area contributed by atoms with E-state index in [-0.39, 0.29) is 5.91 Å². The number of hydrogen-bond acceptors (Lipinski definition) is 2. The van der Waals surface area contributed by atoms with Crippen LogP contribution in [0, 0.1) is 0 Å².